The van der Waals surface area contributed by atoms with Gasteiger partial charge in [-0.15, -0.1) is 21.5 Å². The standard InChI is InChI=1S/C16H14N4O2S4/c1-23-15-19-20-16(26-15)25-9-13(21)17-10-4-6-11(7-5-10)18-14(22)12-3-2-8-24-12/h2-8H,9H2,1H3,(H,17,21)(H,18,22). The molecule has 134 valence electrons. The molecule has 0 bridgehead atoms. The number of nitrogens with one attached hydrogen (secondary N) is 2. The first-order chi connectivity index (χ1) is 12.6. The number of anilines is 2. The predicted molar refractivity (Wildman–Crippen MR) is 110 cm³/mol. The van der Waals surface area contributed by atoms with E-state index in [0.717, 1.165) is 8.68 Å². The summed E-state index contributed by atoms with van der Waals surface area (Å²) in [5.41, 5.74) is 1.35. The summed E-state index contributed by atoms with van der Waals surface area (Å²) in [5.74, 6) is 0.000924. The zero-order chi connectivity index (χ0) is 18.4. The van der Waals surface area contributed by atoms with E-state index in [0.29, 0.717) is 16.3 Å². The number of thioether (sulfide) groups is 2. The topological polar surface area (TPSA) is 84.0 Å². The second-order valence-electron chi connectivity index (χ2n) is 4.88. The van der Waals surface area contributed by atoms with Crippen LogP contribution in [0.2, 0.25) is 0 Å². The number of carbonyl (C=O) groups is 2. The number of hydrogen-bond acceptors (Lipinski definition) is 8. The number of thiophene rings is 1. The van der Waals surface area contributed by atoms with Gasteiger partial charge in [-0.3, -0.25) is 9.59 Å². The average molecular weight is 423 g/mol. The molecule has 2 aromatic heterocycles. The lowest BCUT2D eigenvalue weighted by Crippen LogP contribution is -2.14. The van der Waals surface area contributed by atoms with Gasteiger partial charge in [0.05, 0.1) is 10.6 Å². The molecule has 0 spiro atoms. The van der Waals surface area contributed by atoms with Gasteiger partial charge in [0.25, 0.3) is 5.91 Å². The molecule has 26 heavy (non-hydrogen) atoms. The van der Waals surface area contributed by atoms with Crippen molar-refractivity contribution >= 4 is 69.4 Å². The fourth-order valence-corrected chi connectivity index (χ4v) is 4.76. The Bertz CT molecular complexity index is 878. The van der Waals surface area contributed by atoms with Crippen LogP contribution in [0.25, 0.3) is 0 Å². The third-order valence-electron chi connectivity index (χ3n) is 3.06. The molecule has 2 heterocycles. The van der Waals surface area contributed by atoms with E-state index in [1.807, 2.05) is 17.7 Å². The van der Waals surface area contributed by atoms with Crippen LogP contribution in [0.5, 0.6) is 0 Å². The third kappa shape index (κ3) is 5.31. The van der Waals surface area contributed by atoms with E-state index < -0.39 is 0 Å². The van der Waals surface area contributed by atoms with Crippen molar-refractivity contribution in [2.45, 2.75) is 8.68 Å². The Morgan fingerprint density at radius 3 is 2.35 bits per heavy atom. The highest BCUT2D eigenvalue weighted by molar-refractivity contribution is 8.03. The van der Waals surface area contributed by atoms with Crippen molar-refractivity contribution in [3.05, 3.63) is 46.7 Å². The molecule has 0 atom stereocenters. The Kier molecular flexibility index (Phi) is 6.67. The first-order valence-corrected chi connectivity index (χ1v) is 11.3. The lowest BCUT2D eigenvalue weighted by Gasteiger charge is -2.07. The van der Waals surface area contributed by atoms with Gasteiger partial charge >= 0.3 is 0 Å². The molecular formula is C16H14N4O2S4. The van der Waals surface area contributed by atoms with E-state index in [2.05, 4.69) is 20.8 Å². The number of aromatic nitrogens is 2. The summed E-state index contributed by atoms with van der Waals surface area (Å²) in [7, 11) is 0. The molecule has 6 nitrogen and oxygen atoms in total. The Balaban J connectivity index is 1.48. The van der Waals surface area contributed by atoms with Crippen molar-refractivity contribution in [3.8, 4) is 0 Å². The number of nitrogens with zero attached hydrogens (tertiary/aromatic N) is 2. The van der Waals surface area contributed by atoms with Gasteiger partial charge < -0.3 is 10.6 Å². The normalized spacial score (nSPS) is 10.5. The maximum absolute atomic E-state index is 12.0. The molecule has 0 fully saturated rings. The Labute approximate surface area is 166 Å². The lowest BCUT2D eigenvalue weighted by atomic mass is 10.2. The van der Waals surface area contributed by atoms with E-state index in [-0.39, 0.29) is 17.6 Å². The Morgan fingerprint density at radius 2 is 1.73 bits per heavy atom. The van der Waals surface area contributed by atoms with Gasteiger partial charge in [0, 0.05) is 11.4 Å². The molecule has 0 radical (unpaired) electrons. The molecule has 2 N–H and O–H groups in total. The van der Waals surface area contributed by atoms with Gasteiger partial charge in [0.2, 0.25) is 5.91 Å². The summed E-state index contributed by atoms with van der Waals surface area (Å²) in [6.07, 6.45) is 1.94. The molecule has 0 saturated carbocycles. The summed E-state index contributed by atoms with van der Waals surface area (Å²) >= 11 is 5.75. The Morgan fingerprint density at radius 1 is 1.04 bits per heavy atom. The molecule has 2 amide bonds. The summed E-state index contributed by atoms with van der Waals surface area (Å²) in [5, 5.41) is 15.5. The van der Waals surface area contributed by atoms with Crippen molar-refractivity contribution in [2.75, 3.05) is 22.6 Å². The smallest absolute Gasteiger partial charge is 0.265 e. The summed E-state index contributed by atoms with van der Waals surface area (Å²) in [4.78, 5) is 24.7. The van der Waals surface area contributed by atoms with Crippen LogP contribution in [0.15, 0.2) is 50.5 Å². The van der Waals surface area contributed by atoms with E-state index in [4.69, 9.17) is 0 Å². The molecule has 10 heteroatoms. The monoisotopic (exact) mass is 422 g/mol. The number of amides is 2. The largest absolute Gasteiger partial charge is 0.325 e. The third-order valence-corrected chi connectivity index (χ3v) is 6.96. The van der Waals surface area contributed by atoms with Crippen LogP contribution >= 0.6 is 46.2 Å². The summed E-state index contributed by atoms with van der Waals surface area (Å²) in [6.45, 7) is 0. The number of benzene rings is 1. The van der Waals surface area contributed by atoms with Crippen LogP contribution in [0.4, 0.5) is 11.4 Å². The van der Waals surface area contributed by atoms with E-state index >= 15 is 0 Å². The molecule has 0 aliphatic heterocycles. The molecule has 1 aromatic carbocycles. The second-order valence-corrected chi connectivity index (χ2v) is 9.08. The number of rotatable bonds is 7. The number of carbonyl (C=O) groups excluding carboxylic acids is 2. The van der Waals surface area contributed by atoms with Gasteiger partial charge in [-0.2, -0.15) is 0 Å². The maximum Gasteiger partial charge on any atom is 0.265 e. The fraction of sp³-hybridized carbons (Fsp3) is 0.125. The SMILES string of the molecule is CSc1nnc(SCC(=O)Nc2ccc(NC(=O)c3cccs3)cc2)s1. The van der Waals surface area contributed by atoms with Crippen molar-refractivity contribution in [3.63, 3.8) is 0 Å². The first-order valence-electron chi connectivity index (χ1n) is 7.39. The molecule has 0 aliphatic rings. The molecule has 0 saturated heterocycles. The van der Waals surface area contributed by atoms with Gasteiger partial charge in [-0.1, -0.05) is 40.9 Å². The van der Waals surface area contributed by atoms with Gasteiger partial charge in [-0.05, 0) is 42.0 Å². The van der Waals surface area contributed by atoms with Gasteiger partial charge in [0.15, 0.2) is 8.68 Å². The van der Waals surface area contributed by atoms with Crippen LogP contribution in [0.3, 0.4) is 0 Å². The maximum atomic E-state index is 12.0. The zero-order valence-electron chi connectivity index (χ0n) is 13.6. The molecule has 3 rings (SSSR count). The first kappa shape index (κ1) is 18.9. The zero-order valence-corrected chi connectivity index (χ0v) is 16.9. The van der Waals surface area contributed by atoms with Crippen LogP contribution in [-0.2, 0) is 4.79 Å². The molecule has 3 aromatic rings. The van der Waals surface area contributed by atoms with Crippen molar-refractivity contribution in [2.24, 2.45) is 0 Å². The van der Waals surface area contributed by atoms with Crippen LogP contribution in [0, 0.1) is 0 Å². The molecular weight excluding hydrogens is 408 g/mol. The second kappa shape index (κ2) is 9.17. The van der Waals surface area contributed by atoms with Crippen LogP contribution < -0.4 is 10.6 Å². The van der Waals surface area contributed by atoms with Gasteiger partial charge in [0.1, 0.15) is 0 Å². The quantitative estimate of drug-likeness (QED) is 0.552. The van der Waals surface area contributed by atoms with E-state index in [9.17, 15) is 9.59 Å². The Hall–Kier alpha value is -1.88. The molecule has 0 aliphatic carbocycles. The highest BCUT2D eigenvalue weighted by Gasteiger charge is 2.09. The van der Waals surface area contributed by atoms with Crippen molar-refractivity contribution in [1.82, 2.24) is 10.2 Å². The lowest BCUT2D eigenvalue weighted by molar-refractivity contribution is -0.113. The minimum Gasteiger partial charge on any atom is -0.325 e. The van der Waals surface area contributed by atoms with E-state index in [1.165, 1.54) is 46.2 Å². The predicted octanol–water partition coefficient (Wildman–Crippen LogP) is 4.30. The minimum atomic E-state index is -0.144. The number of hydrogen-bond donors (Lipinski definition) is 2. The molecule has 0 unspecified atom stereocenters. The summed E-state index contributed by atoms with van der Waals surface area (Å²) < 4.78 is 1.66. The van der Waals surface area contributed by atoms with E-state index in [1.54, 1.807) is 30.3 Å². The van der Waals surface area contributed by atoms with Gasteiger partial charge in [-0.25, -0.2) is 0 Å². The van der Waals surface area contributed by atoms with Crippen LogP contribution in [0.1, 0.15) is 9.67 Å². The minimum absolute atomic E-state index is 0.119. The van der Waals surface area contributed by atoms with Crippen molar-refractivity contribution < 1.29 is 9.59 Å². The van der Waals surface area contributed by atoms with Crippen molar-refractivity contribution in [1.29, 1.82) is 0 Å². The van der Waals surface area contributed by atoms with Crippen LogP contribution in [-0.4, -0.2) is 34.0 Å². The average Bonchev–Trinajstić information content (AvgIpc) is 3.33. The highest BCUT2D eigenvalue weighted by Crippen LogP contribution is 2.27. The summed E-state index contributed by atoms with van der Waals surface area (Å²) in [6, 6.07) is 10.6. The highest BCUT2D eigenvalue weighted by atomic mass is 32.2. The fourth-order valence-electron chi connectivity index (χ4n) is 1.90.